The van der Waals surface area contributed by atoms with Gasteiger partial charge >= 0.3 is 0 Å². The van der Waals surface area contributed by atoms with Crippen LogP contribution in [0.1, 0.15) is 37.7 Å². The Morgan fingerprint density at radius 1 is 1.29 bits per heavy atom. The molecule has 114 valence electrons. The van der Waals surface area contributed by atoms with Gasteiger partial charge in [-0.05, 0) is 53.9 Å². The minimum absolute atomic E-state index is 0.248. The van der Waals surface area contributed by atoms with Gasteiger partial charge in [0.05, 0.1) is 15.9 Å². The molecule has 0 radical (unpaired) electrons. The second-order valence-electron chi connectivity index (χ2n) is 5.48. The molecule has 0 aliphatic heterocycles. The van der Waals surface area contributed by atoms with Crippen LogP contribution in [-0.2, 0) is 24.9 Å². The average molecular weight is 354 g/mol. The molecule has 3 nitrogen and oxygen atoms in total. The lowest BCUT2D eigenvalue weighted by molar-refractivity contribution is 0.461. The summed E-state index contributed by atoms with van der Waals surface area (Å²) >= 11 is 3.64. The Labute approximate surface area is 133 Å². The molecule has 0 aliphatic rings. The quantitative estimate of drug-likeness (QED) is 0.888. The summed E-state index contributed by atoms with van der Waals surface area (Å²) in [4.78, 5) is 0. The zero-order chi connectivity index (χ0) is 15.6. The average Bonchev–Trinajstić information content (AvgIpc) is 2.75. The number of nitrogens with zero attached hydrogens (tertiary/aromatic N) is 2. The molecule has 0 saturated heterocycles. The minimum Gasteiger partial charge on any atom is -0.321 e. The van der Waals surface area contributed by atoms with Crippen LogP contribution in [0.25, 0.3) is 0 Å². The number of rotatable bonds is 5. The van der Waals surface area contributed by atoms with Crippen LogP contribution in [0.15, 0.2) is 28.7 Å². The fourth-order valence-corrected chi connectivity index (χ4v) is 3.17. The predicted molar refractivity (Wildman–Crippen MR) is 86.6 cm³/mol. The molecular weight excluding hydrogens is 333 g/mol. The lowest BCUT2D eigenvalue weighted by Crippen LogP contribution is -2.36. The third kappa shape index (κ3) is 3.35. The summed E-state index contributed by atoms with van der Waals surface area (Å²) in [5.74, 6) is -0.248. The SMILES string of the molecule is CCc1nn(CC)c(CC(C)(N)c2ccc(F)cc2)c1Br. The van der Waals surface area contributed by atoms with E-state index in [9.17, 15) is 4.39 Å². The van der Waals surface area contributed by atoms with Gasteiger partial charge in [0.15, 0.2) is 0 Å². The topological polar surface area (TPSA) is 43.8 Å². The molecule has 5 heteroatoms. The molecule has 0 fully saturated rings. The minimum atomic E-state index is -0.575. The number of aryl methyl sites for hydroxylation is 2. The molecule has 0 bridgehead atoms. The van der Waals surface area contributed by atoms with Crippen molar-refractivity contribution >= 4 is 15.9 Å². The maximum atomic E-state index is 13.1. The highest BCUT2D eigenvalue weighted by molar-refractivity contribution is 9.10. The van der Waals surface area contributed by atoms with E-state index in [4.69, 9.17) is 5.73 Å². The number of aromatic nitrogens is 2. The third-order valence-corrected chi connectivity index (χ3v) is 4.65. The Balaban J connectivity index is 2.36. The summed E-state index contributed by atoms with van der Waals surface area (Å²) in [6.07, 6.45) is 1.51. The van der Waals surface area contributed by atoms with E-state index in [0.29, 0.717) is 6.42 Å². The standard InChI is InChI=1S/C16H21BrFN3/c1-4-13-15(17)14(21(5-2)20-13)10-16(3,19)11-6-8-12(18)9-7-11/h6-9H,4-5,10,19H2,1-3H3. The molecule has 1 heterocycles. The van der Waals surface area contributed by atoms with Crippen molar-refractivity contribution in [2.75, 3.05) is 0 Å². The Kier molecular flexibility index (Phi) is 4.84. The van der Waals surface area contributed by atoms with Crippen LogP contribution in [0.5, 0.6) is 0 Å². The fraction of sp³-hybridized carbons (Fsp3) is 0.438. The molecule has 1 unspecified atom stereocenters. The van der Waals surface area contributed by atoms with Crippen molar-refractivity contribution in [2.24, 2.45) is 5.73 Å². The van der Waals surface area contributed by atoms with Crippen molar-refractivity contribution < 1.29 is 4.39 Å². The normalized spacial score (nSPS) is 14.2. The van der Waals surface area contributed by atoms with Crippen LogP contribution in [-0.4, -0.2) is 9.78 Å². The summed E-state index contributed by atoms with van der Waals surface area (Å²) < 4.78 is 16.1. The summed E-state index contributed by atoms with van der Waals surface area (Å²) in [6, 6.07) is 6.39. The summed E-state index contributed by atoms with van der Waals surface area (Å²) in [5, 5.41) is 4.59. The molecule has 1 atom stereocenters. The largest absolute Gasteiger partial charge is 0.321 e. The number of hydrogen-bond acceptors (Lipinski definition) is 2. The van der Waals surface area contributed by atoms with E-state index in [0.717, 1.165) is 34.4 Å². The number of nitrogens with two attached hydrogens (primary N) is 1. The maximum absolute atomic E-state index is 13.1. The van der Waals surface area contributed by atoms with Crippen molar-refractivity contribution in [2.45, 2.75) is 45.7 Å². The zero-order valence-corrected chi connectivity index (χ0v) is 14.2. The van der Waals surface area contributed by atoms with Gasteiger partial charge in [0.25, 0.3) is 0 Å². The molecule has 2 aromatic rings. The monoisotopic (exact) mass is 353 g/mol. The molecule has 0 saturated carbocycles. The first kappa shape index (κ1) is 16.2. The zero-order valence-electron chi connectivity index (χ0n) is 12.7. The third-order valence-electron chi connectivity index (χ3n) is 3.73. The molecule has 1 aromatic carbocycles. The van der Waals surface area contributed by atoms with E-state index in [-0.39, 0.29) is 5.82 Å². The van der Waals surface area contributed by atoms with Gasteiger partial charge in [-0.3, -0.25) is 4.68 Å². The van der Waals surface area contributed by atoms with Crippen molar-refractivity contribution in [1.82, 2.24) is 9.78 Å². The second-order valence-corrected chi connectivity index (χ2v) is 6.27. The molecule has 21 heavy (non-hydrogen) atoms. The van der Waals surface area contributed by atoms with Crippen LogP contribution in [0, 0.1) is 5.82 Å². The van der Waals surface area contributed by atoms with Crippen LogP contribution >= 0.6 is 15.9 Å². The van der Waals surface area contributed by atoms with E-state index < -0.39 is 5.54 Å². The number of benzene rings is 1. The molecule has 0 aliphatic carbocycles. The van der Waals surface area contributed by atoms with Crippen LogP contribution in [0.3, 0.4) is 0 Å². The number of halogens is 2. The summed E-state index contributed by atoms with van der Waals surface area (Å²) in [7, 11) is 0. The van der Waals surface area contributed by atoms with Gasteiger partial charge in [-0.25, -0.2) is 4.39 Å². The van der Waals surface area contributed by atoms with Gasteiger partial charge in [0, 0.05) is 18.5 Å². The van der Waals surface area contributed by atoms with Gasteiger partial charge in [-0.1, -0.05) is 19.1 Å². The summed E-state index contributed by atoms with van der Waals surface area (Å²) in [5.41, 5.74) is 8.95. The van der Waals surface area contributed by atoms with E-state index in [1.165, 1.54) is 12.1 Å². The van der Waals surface area contributed by atoms with Crippen LogP contribution < -0.4 is 5.73 Å². The van der Waals surface area contributed by atoms with E-state index in [2.05, 4.69) is 34.9 Å². The number of hydrogen-bond donors (Lipinski definition) is 1. The van der Waals surface area contributed by atoms with Gasteiger partial charge in [0.2, 0.25) is 0 Å². The van der Waals surface area contributed by atoms with Crippen LogP contribution in [0.2, 0.25) is 0 Å². The van der Waals surface area contributed by atoms with E-state index in [1.54, 1.807) is 12.1 Å². The van der Waals surface area contributed by atoms with Crippen LogP contribution in [0.4, 0.5) is 4.39 Å². The Hall–Kier alpha value is -1.20. The molecule has 1 aromatic heterocycles. The van der Waals surface area contributed by atoms with Gasteiger partial charge in [-0.2, -0.15) is 5.10 Å². The van der Waals surface area contributed by atoms with E-state index >= 15 is 0 Å². The smallest absolute Gasteiger partial charge is 0.123 e. The molecule has 2 rings (SSSR count). The summed E-state index contributed by atoms with van der Waals surface area (Å²) in [6.45, 7) is 6.91. The molecule has 2 N–H and O–H groups in total. The van der Waals surface area contributed by atoms with Crippen molar-refractivity contribution in [3.05, 3.63) is 51.5 Å². The Bertz CT molecular complexity index is 617. The Morgan fingerprint density at radius 3 is 2.43 bits per heavy atom. The first-order valence-electron chi connectivity index (χ1n) is 7.18. The molecular formula is C16H21BrFN3. The fourth-order valence-electron chi connectivity index (χ4n) is 2.47. The lowest BCUT2D eigenvalue weighted by atomic mass is 9.88. The second kappa shape index (κ2) is 6.28. The van der Waals surface area contributed by atoms with E-state index in [1.807, 2.05) is 11.6 Å². The van der Waals surface area contributed by atoms with Gasteiger partial charge in [0.1, 0.15) is 5.82 Å². The van der Waals surface area contributed by atoms with Gasteiger partial charge in [-0.15, -0.1) is 0 Å². The van der Waals surface area contributed by atoms with Crippen molar-refractivity contribution in [3.63, 3.8) is 0 Å². The predicted octanol–water partition coefficient (Wildman–Crippen LogP) is 3.78. The highest BCUT2D eigenvalue weighted by Gasteiger charge is 2.26. The first-order valence-corrected chi connectivity index (χ1v) is 7.97. The van der Waals surface area contributed by atoms with Gasteiger partial charge < -0.3 is 5.73 Å². The first-order chi connectivity index (χ1) is 9.89. The highest BCUT2D eigenvalue weighted by Crippen LogP contribution is 2.29. The lowest BCUT2D eigenvalue weighted by Gasteiger charge is -2.26. The molecule has 0 amide bonds. The highest BCUT2D eigenvalue weighted by atomic mass is 79.9. The Morgan fingerprint density at radius 2 is 1.90 bits per heavy atom. The van der Waals surface area contributed by atoms with Crippen molar-refractivity contribution in [3.8, 4) is 0 Å². The maximum Gasteiger partial charge on any atom is 0.123 e. The van der Waals surface area contributed by atoms with Crippen molar-refractivity contribution in [1.29, 1.82) is 0 Å². The molecule has 0 spiro atoms.